The molecule has 0 saturated heterocycles. The number of amides is 1. The quantitative estimate of drug-likeness (QED) is 0.320. The monoisotopic (exact) mass is 384 g/mol. The number of hydrogen-bond donors (Lipinski definition) is 2. The molecule has 0 atom stereocenters. The van der Waals surface area contributed by atoms with Gasteiger partial charge < -0.3 is 5.32 Å². The van der Waals surface area contributed by atoms with Gasteiger partial charge in [0.25, 0.3) is 11.6 Å². The second-order valence-electron chi connectivity index (χ2n) is 4.78. The number of benzene rings is 1. The molecule has 9 nitrogen and oxygen atoms in total. The number of carbonyl (C=O) groups is 1. The molecular formula is C14H13ClN4O5S. The number of aromatic nitrogens is 1. The van der Waals surface area contributed by atoms with Crippen molar-refractivity contribution in [2.24, 2.45) is 0 Å². The molecule has 11 heteroatoms. The number of nitrogens with zero attached hydrogens (tertiary/aromatic N) is 2. The fraction of sp³-hybridized carbons (Fsp3) is 0.143. The first-order valence-electron chi connectivity index (χ1n) is 6.93. The minimum atomic E-state index is -3.92. The van der Waals surface area contributed by atoms with E-state index in [9.17, 15) is 23.3 Å². The molecule has 0 aliphatic rings. The van der Waals surface area contributed by atoms with Crippen molar-refractivity contribution in [3.8, 4) is 0 Å². The van der Waals surface area contributed by atoms with E-state index in [1.807, 2.05) is 0 Å². The maximum Gasteiger partial charge on any atom is 0.270 e. The van der Waals surface area contributed by atoms with Gasteiger partial charge in [-0.2, -0.15) is 0 Å². The number of nitro benzene ring substituents is 1. The third kappa shape index (κ3) is 5.21. The smallest absolute Gasteiger partial charge is 0.270 e. The number of hydrogen-bond acceptors (Lipinski definition) is 6. The minimum absolute atomic E-state index is 0.0234. The zero-order chi connectivity index (χ0) is 18.4. The van der Waals surface area contributed by atoms with Crippen molar-refractivity contribution in [3.05, 3.63) is 63.4 Å². The fourth-order valence-electron chi connectivity index (χ4n) is 1.82. The second kappa shape index (κ2) is 8.01. The molecule has 0 aliphatic carbocycles. The molecule has 0 unspecified atom stereocenters. The Morgan fingerprint density at radius 3 is 2.64 bits per heavy atom. The van der Waals surface area contributed by atoms with Crippen LogP contribution in [0.5, 0.6) is 0 Å². The predicted octanol–water partition coefficient (Wildman–Crippen LogP) is 1.35. The SMILES string of the molecule is O=C(NCCNS(=O)(=O)c1cccc([N+](=O)[O-])c1)c1ccc(Cl)nc1. The molecule has 0 spiro atoms. The van der Waals surface area contributed by atoms with Crippen LogP contribution in [-0.2, 0) is 10.0 Å². The molecule has 25 heavy (non-hydrogen) atoms. The highest BCUT2D eigenvalue weighted by atomic mass is 35.5. The summed E-state index contributed by atoms with van der Waals surface area (Å²) in [7, 11) is -3.92. The normalized spacial score (nSPS) is 11.1. The van der Waals surface area contributed by atoms with Crippen LogP contribution in [0.1, 0.15) is 10.4 Å². The summed E-state index contributed by atoms with van der Waals surface area (Å²) in [5.41, 5.74) is -0.0441. The van der Waals surface area contributed by atoms with Gasteiger partial charge in [0.15, 0.2) is 0 Å². The zero-order valence-electron chi connectivity index (χ0n) is 12.7. The molecule has 0 radical (unpaired) electrons. The van der Waals surface area contributed by atoms with E-state index in [0.29, 0.717) is 0 Å². The van der Waals surface area contributed by atoms with Crippen LogP contribution in [0.15, 0.2) is 47.5 Å². The maximum absolute atomic E-state index is 12.1. The van der Waals surface area contributed by atoms with Gasteiger partial charge in [-0.15, -0.1) is 0 Å². The lowest BCUT2D eigenvalue weighted by atomic mass is 10.3. The summed E-state index contributed by atoms with van der Waals surface area (Å²) in [6.07, 6.45) is 1.30. The number of sulfonamides is 1. The van der Waals surface area contributed by atoms with Crippen LogP contribution in [0.4, 0.5) is 5.69 Å². The van der Waals surface area contributed by atoms with Gasteiger partial charge in [-0.1, -0.05) is 17.7 Å². The van der Waals surface area contributed by atoms with Gasteiger partial charge in [0.1, 0.15) is 5.15 Å². The molecule has 0 saturated carbocycles. The highest BCUT2D eigenvalue weighted by Gasteiger charge is 2.17. The first-order valence-corrected chi connectivity index (χ1v) is 8.79. The number of nitro groups is 1. The number of rotatable bonds is 7. The van der Waals surface area contributed by atoms with Gasteiger partial charge >= 0.3 is 0 Å². The molecule has 0 bridgehead atoms. The zero-order valence-corrected chi connectivity index (χ0v) is 14.2. The summed E-state index contributed by atoms with van der Waals surface area (Å²) >= 11 is 5.62. The highest BCUT2D eigenvalue weighted by molar-refractivity contribution is 7.89. The number of nitrogens with one attached hydrogen (secondary N) is 2. The summed E-state index contributed by atoms with van der Waals surface area (Å²) < 4.78 is 26.4. The van der Waals surface area contributed by atoms with Crippen molar-refractivity contribution in [3.63, 3.8) is 0 Å². The Balaban J connectivity index is 1.90. The highest BCUT2D eigenvalue weighted by Crippen LogP contribution is 2.16. The van der Waals surface area contributed by atoms with Gasteiger partial charge in [-0.3, -0.25) is 14.9 Å². The summed E-state index contributed by atoms with van der Waals surface area (Å²) in [6, 6.07) is 7.62. The molecule has 2 N–H and O–H groups in total. The van der Waals surface area contributed by atoms with Gasteiger partial charge in [-0.05, 0) is 18.2 Å². The van der Waals surface area contributed by atoms with Crippen molar-refractivity contribution in [1.82, 2.24) is 15.0 Å². The summed E-state index contributed by atoms with van der Waals surface area (Å²) in [6.45, 7) is -0.0621. The van der Waals surface area contributed by atoms with E-state index in [0.717, 1.165) is 6.07 Å². The third-order valence-electron chi connectivity index (χ3n) is 3.03. The Kier molecular flexibility index (Phi) is 6.02. The van der Waals surface area contributed by atoms with Crippen LogP contribution in [0.3, 0.4) is 0 Å². The molecule has 0 aliphatic heterocycles. The summed E-state index contributed by atoms with van der Waals surface area (Å²) in [5.74, 6) is -0.432. The average Bonchev–Trinajstić information content (AvgIpc) is 2.59. The Morgan fingerprint density at radius 2 is 2.00 bits per heavy atom. The van der Waals surface area contributed by atoms with E-state index in [1.54, 1.807) is 0 Å². The lowest BCUT2D eigenvalue weighted by Gasteiger charge is -2.08. The van der Waals surface area contributed by atoms with E-state index in [1.165, 1.54) is 36.5 Å². The van der Waals surface area contributed by atoms with E-state index in [4.69, 9.17) is 11.6 Å². The van der Waals surface area contributed by atoms with Gasteiger partial charge in [-0.25, -0.2) is 18.1 Å². The average molecular weight is 385 g/mol. The molecule has 1 amide bonds. The Hall–Kier alpha value is -2.56. The van der Waals surface area contributed by atoms with E-state index < -0.39 is 20.9 Å². The fourth-order valence-corrected chi connectivity index (χ4v) is 3.00. The van der Waals surface area contributed by atoms with Gasteiger partial charge in [0.2, 0.25) is 10.0 Å². The maximum atomic E-state index is 12.1. The van der Waals surface area contributed by atoms with Crippen molar-refractivity contribution in [2.45, 2.75) is 4.90 Å². The number of halogens is 1. The van der Waals surface area contributed by atoms with Crippen LogP contribution in [0.25, 0.3) is 0 Å². The molecular weight excluding hydrogens is 372 g/mol. The Bertz CT molecular complexity index is 886. The first kappa shape index (κ1) is 18.8. The lowest BCUT2D eigenvalue weighted by Crippen LogP contribution is -2.34. The van der Waals surface area contributed by atoms with Crippen molar-refractivity contribution >= 4 is 33.2 Å². The van der Waals surface area contributed by atoms with Crippen molar-refractivity contribution < 1.29 is 18.1 Å². The van der Waals surface area contributed by atoms with Crippen LogP contribution >= 0.6 is 11.6 Å². The molecule has 1 heterocycles. The minimum Gasteiger partial charge on any atom is -0.351 e. The molecule has 0 fully saturated rings. The second-order valence-corrected chi connectivity index (χ2v) is 6.93. The van der Waals surface area contributed by atoms with Crippen LogP contribution in [-0.4, -0.2) is 37.3 Å². The summed E-state index contributed by atoms with van der Waals surface area (Å²) in [4.78, 5) is 25.4. The van der Waals surface area contributed by atoms with Gasteiger partial charge in [0, 0.05) is 31.4 Å². The van der Waals surface area contributed by atoms with E-state index >= 15 is 0 Å². The lowest BCUT2D eigenvalue weighted by molar-refractivity contribution is -0.385. The van der Waals surface area contributed by atoms with Crippen LogP contribution < -0.4 is 10.0 Å². The molecule has 2 rings (SSSR count). The Labute approximate surface area is 148 Å². The van der Waals surface area contributed by atoms with Crippen molar-refractivity contribution in [1.29, 1.82) is 0 Å². The predicted molar refractivity (Wildman–Crippen MR) is 89.9 cm³/mol. The molecule has 1 aromatic heterocycles. The summed E-state index contributed by atoms with van der Waals surface area (Å²) in [5, 5.41) is 13.5. The molecule has 1 aromatic carbocycles. The number of carbonyl (C=O) groups excluding carboxylic acids is 1. The molecule has 2 aromatic rings. The largest absolute Gasteiger partial charge is 0.351 e. The Morgan fingerprint density at radius 1 is 1.24 bits per heavy atom. The number of pyridine rings is 1. The van der Waals surface area contributed by atoms with Gasteiger partial charge in [0.05, 0.1) is 15.4 Å². The van der Waals surface area contributed by atoms with E-state index in [2.05, 4.69) is 15.0 Å². The van der Waals surface area contributed by atoms with Crippen LogP contribution in [0, 0.1) is 10.1 Å². The topological polar surface area (TPSA) is 131 Å². The van der Waals surface area contributed by atoms with E-state index in [-0.39, 0.29) is 34.4 Å². The van der Waals surface area contributed by atoms with Crippen molar-refractivity contribution in [2.75, 3.05) is 13.1 Å². The number of non-ortho nitro benzene ring substituents is 1. The first-order chi connectivity index (χ1) is 11.8. The standard InChI is InChI=1S/C14H13ClN4O5S/c15-13-5-4-10(9-17-13)14(20)16-6-7-18-25(23,24)12-3-1-2-11(8-12)19(21)22/h1-5,8-9,18H,6-7H2,(H,16,20). The third-order valence-corrected chi connectivity index (χ3v) is 4.71. The van der Waals surface area contributed by atoms with Crippen LogP contribution in [0.2, 0.25) is 5.15 Å². The molecule has 132 valence electrons.